The van der Waals surface area contributed by atoms with E-state index >= 15 is 0 Å². The summed E-state index contributed by atoms with van der Waals surface area (Å²) in [6.45, 7) is -0.261. The van der Waals surface area contributed by atoms with E-state index in [1.807, 2.05) is 0 Å². The molecule has 3 N–H and O–H groups in total. The first kappa shape index (κ1) is 11.4. The van der Waals surface area contributed by atoms with E-state index in [-0.39, 0.29) is 30.0 Å². The molecule has 1 rings (SSSR count). The molecule has 1 aromatic carbocycles. The van der Waals surface area contributed by atoms with Crippen LogP contribution in [0.1, 0.15) is 18.1 Å². The van der Waals surface area contributed by atoms with Gasteiger partial charge in [-0.05, 0) is 6.07 Å². The first-order valence-electron chi connectivity index (χ1n) is 4.32. The van der Waals surface area contributed by atoms with E-state index in [9.17, 15) is 20.3 Å². The topological polar surface area (TPSA) is 104 Å². The van der Waals surface area contributed by atoms with E-state index in [1.54, 1.807) is 0 Å². The fraction of sp³-hybridized carbons (Fsp3) is 0.333. The Balaban J connectivity index is 3.04. The molecule has 1 atom stereocenters. The number of aromatic hydroxyl groups is 1. The second-order valence-corrected chi connectivity index (χ2v) is 3.03. The normalized spacial score (nSPS) is 12.4. The van der Waals surface area contributed by atoms with E-state index in [0.29, 0.717) is 0 Å². The summed E-state index contributed by atoms with van der Waals surface area (Å²) in [5, 5.41) is 37.8. The molecule has 0 saturated heterocycles. The van der Waals surface area contributed by atoms with Crippen LogP contribution >= 0.6 is 0 Å². The highest BCUT2D eigenvalue weighted by Gasteiger charge is 2.16. The van der Waals surface area contributed by atoms with Crippen LogP contribution in [0.4, 0.5) is 5.69 Å². The number of non-ortho nitro benzene ring substituents is 1. The summed E-state index contributed by atoms with van der Waals surface area (Å²) < 4.78 is 0. The van der Waals surface area contributed by atoms with Crippen molar-refractivity contribution in [1.82, 2.24) is 0 Å². The van der Waals surface area contributed by atoms with E-state index < -0.39 is 11.0 Å². The molecule has 0 fully saturated rings. The number of hydrogen-bond donors (Lipinski definition) is 3. The predicted molar refractivity (Wildman–Crippen MR) is 51.4 cm³/mol. The van der Waals surface area contributed by atoms with Gasteiger partial charge in [0.1, 0.15) is 5.75 Å². The van der Waals surface area contributed by atoms with Crippen LogP contribution in [0.3, 0.4) is 0 Å². The van der Waals surface area contributed by atoms with Crippen molar-refractivity contribution >= 4 is 5.69 Å². The maximum atomic E-state index is 10.4. The molecule has 1 aromatic rings. The molecule has 6 nitrogen and oxygen atoms in total. The van der Waals surface area contributed by atoms with Crippen LogP contribution in [-0.4, -0.2) is 26.8 Å². The van der Waals surface area contributed by atoms with Crippen LogP contribution in [0.5, 0.6) is 5.75 Å². The van der Waals surface area contributed by atoms with Crippen molar-refractivity contribution in [2.75, 3.05) is 6.61 Å². The summed E-state index contributed by atoms with van der Waals surface area (Å²) in [5.74, 6) is -0.221. The number of benzene rings is 1. The van der Waals surface area contributed by atoms with E-state index in [0.717, 1.165) is 18.2 Å². The monoisotopic (exact) mass is 213 g/mol. The zero-order valence-corrected chi connectivity index (χ0v) is 7.83. The van der Waals surface area contributed by atoms with Crippen LogP contribution in [0.25, 0.3) is 0 Å². The van der Waals surface area contributed by atoms with Gasteiger partial charge in [-0.1, -0.05) is 0 Å². The number of nitrogens with zero attached hydrogens (tertiary/aromatic N) is 1. The molecule has 0 bridgehead atoms. The maximum absolute atomic E-state index is 10.4. The Bertz CT molecular complexity index is 366. The second-order valence-electron chi connectivity index (χ2n) is 3.03. The molecule has 0 saturated carbocycles. The van der Waals surface area contributed by atoms with Gasteiger partial charge in [-0.2, -0.15) is 0 Å². The van der Waals surface area contributed by atoms with E-state index in [2.05, 4.69) is 0 Å². The Hall–Kier alpha value is -1.66. The zero-order chi connectivity index (χ0) is 11.4. The minimum Gasteiger partial charge on any atom is -0.508 e. The molecule has 0 aliphatic carbocycles. The first-order valence-corrected chi connectivity index (χ1v) is 4.32. The van der Waals surface area contributed by atoms with Crippen molar-refractivity contribution < 1.29 is 20.2 Å². The third-order valence-electron chi connectivity index (χ3n) is 1.98. The van der Waals surface area contributed by atoms with Crippen LogP contribution < -0.4 is 0 Å². The largest absolute Gasteiger partial charge is 0.508 e. The van der Waals surface area contributed by atoms with Gasteiger partial charge < -0.3 is 15.3 Å². The SMILES string of the molecule is O=[N+]([O-])c1ccc(O)c(C(O)CCO)c1. The minimum atomic E-state index is -1.10. The number of aliphatic hydroxyl groups excluding tert-OH is 2. The molecule has 0 aliphatic rings. The third-order valence-corrected chi connectivity index (χ3v) is 1.98. The van der Waals surface area contributed by atoms with Crippen molar-refractivity contribution in [2.24, 2.45) is 0 Å². The third kappa shape index (κ3) is 2.64. The molecule has 0 radical (unpaired) electrons. The van der Waals surface area contributed by atoms with Gasteiger partial charge in [0, 0.05) is 30.7 Å². The molecule has 15 heavy (non-hydrogen) atoms. The van der Waals surface area contributed by atoms with Crippen molar-refractivity contribution in [3.8, 4) is 5.75 Å². The van der Waals surface area contributed by atoms with Gasteiger partial charge in [-0.25, -0.2) is 0 Å². The minimum absolute atomic E-state index is 0.0225. The second kappa shape index (κ2) is 4.72. The number of hydrogen-bond acceptors (Lipinski definition) is 5. The van der Waals surface area contributed by atoms with Crippen LogP contribution in [0.15, 0.2) is 18.2 Å². The maximum Gasteiger partial charge on any atom is 0.270 e. The van der Waals surface area contributed by atoms with Crippen LogP contribution in [-0.2, 0) is 0 Å². The first-order chi connectivity index (χ1) is 7.06. The van der Waals surface area contributed by atoms with Gasteiger partial charge in [0.25, 0.3) is 5.69 Å². The summed E-state index contributed by atoms with van der Waals surface area (Å²) in [6, 6.07) is 3.38. The van der Waals surface area contributed by atoms with Gasteiger partial charge in [0.2, 0.25) is 0 Å². The molecular weight excluding hydrogens is 202 g/mol. The summed E-state index contributed by atoms with van der Waals surface area (Å²) in [4.78, 5) is 9.82. The Morgan fingerprint density at radius 2 is 2.13 bits per heavy atom. The Labute approximate surface area is 85.6 Å². The molecule has 0 aromatic heterocycles. The van der Waals surface area contributed by atoms with E-state index in [4.69, 9.17) is 5.11 Å². The lowest BCUT2D eigenvalue weighted by atomic mass is 10.1. The number of phenols is 1. The van der Waals surface area contributed by atoms with Crippen molar-refractivity contribution in [1.29, 1.82) is 0 Å². The Morgan fingerprint density at radius 3 is 2.67 bits per heavy atom. The molecule has 82 valence electrons. The van der Waals surface area contributed by atoms with Crippen LogP contribution in [0, 0.1) is 10.1 Å². The molecule has 6 heteroatoms. The molecule has 0 amide bonds. The fourth-order valence-corrected chi connectivity index (χ4v) is 1.20. The highest BCUT2D eigenvalue weighted by Crippen LogP contribution is 2.29. The summed E-state index contributed by atoms with van der Waals surface area (Å²) >= 11 is 0. The lowest BCUT2D eigenvalue weighted by molar-refractivity contribution is -0.385. The van der Waals surface area contributed by atoms with Crippen molar-refractivity contribution in [3.05, 3.63) is 33.9 Å². The smallest absolute Gasteiger partial charge is 0.270 e. The number of rotatable bonds is 4. The van der Waals surface area contributed by atoms with Gasteiger partial charge in [-0.3, -0.25) is 10.1 Å². The highest BCUT2D eigenvalue weighted by atomic mass is 16.6. The number of nitro groups is 1. The molecule has 0 heterocycles. The average molecular weight is 213 g/mol. The molecule has 1 unspecified atom stereocenters. The Morgan fingerprint density at radius 1 is 1.47 bits per heavy atom. The molecule has 0 aliphatic heterocycles. The van der Waals surface area contributed by atoms with Crippen molar-refractivity contribution in [3.63, 3.8) is 0 Å². The lowest BCUT2D eigenvalue weighted by Gasteiger charge is -2.10. The van der Waals surface area contributed by atoms with Gasteiger partial charge in [0.05, 0.1) is 11.0 Å². The van der Waals surface area contributed by atoms with E-state index in [1.165, 1.54) is 0 Å². The lowest BCUT2D eigenvalue weighted by Crippen LogP contribution is -2.01. The number of nitro benzene ring substituents is 1. The summed E-state index contributed by atoms with van der Waals surface area (Å²) in [7, 11) is 0. The Kier molecular flexibility index (Phi) is 3.59. The number of aliphatic hydroxyl groups is 2. The molecular formula is C9H11NO5. The zero-order valence-electron chi connectivity index (χ0n) is 7.83. The predicted octanol–water partition coefficient (Wildman–Crippen LogP) is 0.716. The number of phenolic OH excluding ortho intramolecular Hbond substituents is 1. The standard InChI is InChI=1S/C9H11NO5/c11-4-3-9(13)7-5-6(10(14)15)1-2-8(7)12/h1-2,5,9,11-13H,3-4H2. The summed E-state index contributed by atoms with van der Waals surface area (Å²) in [6.07, 6.45) is -1.08. The fourth-order valence-electron chi connectivity index (χ4n) is 1.20. The molecule has 0 spiro atoms. The summed E-state index contributed by atoms with van der Waals surface area (Å²) in [5.41, 5.74) is -0.155. The van der Waals surface area contributed by atoms with Crippen LogP contribution in [0.2, 0.25) is 0 Å². The van der Waals surface area contributed by atoms with Gasteiger partial charge in [-0.15, -0.1) is 0 Å². The van der Waals surface area contributed by atoms with Gasteiger partial charge in [0.15, 0.2) is 0 Å². The highest BCUT2D eigenvalue weighted by molar-refractivity contribution is 5.44. The average Bonchev–Trinajstić information content (AvgIpc) is 2.18. The van der Waals surface area contributed by atoms with Crippen molar-refractivity contribution in [2.45, 2.75) is 12.5 Å². The quantitative estimate of drug-likeness (QED) is 0.505. The van der Waals surface area contributed by atoms with Gasteiger partial charge >= 0.3 is 0 Å².